The van der Waals surface area contributed by atoms with Crippen molar-refractivity contribution in [3.05, 3.63) is 46.1 Å². The fourth-order valence-electron chi connectivity index (χ4n) is 2.42. The molecule has 24 heavy (non-hydrogen) atoms. The van der Waals surface area contributed by atoms with E-state index >= 15 is 0 Å². The molecular formula is C17H22N4O3. The van der Waals surface area contributed by atoms with Crippen LogP contribution in [0.3, 0.4) is 0 Å². The molecule has 0 aliphatic heterocycles. The highest BCUT2D eigenvalue weighted by Crippen LogP contribution is 2.24. The average molecular weight is 330 g/mol. The molecule has 0 bridgehead atoms. The van der Waals surface area contributed by atoms with Crippen LogP contribution in [0.2, 0.25) is 0 Å². The van der Waals surface area contributed by atoms with Crippen LogP contribution in [0.1, 0.15) is 26.5 Å². The second-order valence-corrected chi connectivity index (χ2v) is 6.33. The largest absolute Gasteiger partial charge is 0.389 e. The highest BCUT2D eigenvalue weighted by atomic mass is 16.6. The van der Waals surface area contributed by atoms with Gasteiger partial charge in [0.15, 0.2) is 5.82 Å². The van der Waals surface area contributed by atoms with E-state index in [1.807, 2.05) is 24.8 Å². The number of rotatable bonds is 6. The zero-order chi connectivity index (χ0) is 17.9. The van der Waals surface area contributed by atoms with Crippen LogP contribution in [0.4, 0.5) is 11.5 Å². The van der Waals surface area contributed by atoms with E-state index in [1.165, 1.54) is 12.1 Å². The van der Waals surface area contributed by atoms with Crippen LogP contribution in [0.25, 0.3) is 11.4 Å². The lowest BCUT2D eigenvalue weighted by atomic mass is 10.1. The number of aryl methyl sites for hydroxylation is 1. The van der Waals surface area contributed by atoms with Crippen molar-refractivity contribution in [2.45, 2.75) is 33.3 Å². The zero-order valence-electron chi connectivity index (χ0n) is 14.4. The third kappa shape index (κ3) is 4.48. The molecular weight excluding hydrogens is 308 g/mol. The molecule has 1 aromatic carbocycles. The smallest absolute Gasteiger partial charge is 0.270 e. The summed E-state index contributed by atoms with van der Waals surface area (Å²) in [7, 11) is 0. The minimum absolute atomic E-state index is 0.00277. The Bertz CT molecular complexity index is 741. The van der Waals surface area contributed by atoms with E-state index in [4.69, 9.17) is 0 Å². The maximum Gasteiger partial charge on any atom is 0.270 e. The lowest BCUT2D eigenvalue weighted by Crippen LogP contribution is -2.39. The van der Waals surface area contributed by atoms with Crippen molar-refractivity contribution < 1.29 is 10.0 Å². The SMILES string of the molecule is CCN(CC(C)(C)O)c1cc(C)nc(-c2cccc([N+](=O)[O-])c2)n1. The molecule has 1 N–H and O–H groups in total. The Kier molecular flexibility index (Phi) is 5.14. The number of non-ortho nitro benzene ring substituents is 1. The highest BCUT2D eigenvalue weighted by Gasteiger charge is 2.20. The van der Waals surface area contributed by atoms with Crippen LogP contribution in [-0.2, 0) is 0 Å². The molecule has 1 aromatic heterocycles. The fourth-order valence-corrected chi connectivity index (χ4v) is 2.42. The van der Waals surface area contributed by atoms with Gasteiger partial charge in [-0.3, -0.25) is 10.1 Å². The normalized spacial score (nSPS) is 11.4. The first-order chi connectivity index (χ1) is 11.2. The van der Waals surface area contributed by atoms with E-state index in [9.17, 15) is 15.2 Å². The number of hydrogen-bond donors (Lipinski definition) is 1. The van der Waals surface area contributed by atoms with Crippen LogP contribution >= 0.6 is 0 Å². The van der Waals surface area contributed by atoms with E-state index in [1.54, 1.807) is 26.0 Å². The first kappa shape index (κ1) is 17.8. The number of nitro groups is 1. The molecule has 0 aliphatic carbocycles. The third-order valence-electron chi connectivity index (χ3n) is 3.44. The lowest BCUT2D eigenvalue weighted by molar-refractivity contribution is -0.384. The van der Waals surface area contributed by atoms with Gasteiger partial charge in [-0.25, -0.2) is 9.97 Å². The van der Waals surface area contributed by atoms with Crippen molar-refractivity contribution in [3.63, 3.8) is 0 Å². The minimum atomic E-state index is -0.861. The minimum Gasteiger partial charge on any atom is -0.389 e. The number of nitrogens with zero attached hydrogens (tertiary/aromatic N) is 4. The van der Waals surface area contributed by atoms with E-state index in [0.29, 0.717) is 30.3 Å². The molecule has 0 radical (unpaired) electrons. The average Bonchev–Trinajstić information content (AvgIpc) is 2.51. The highest BCUT2D eigenvalue weighted by molar-refractivity contribution is 5.61. The Morgan fingerprint density at radius 3 is 2.58 bits per heavy atom. The van der Waals surface area contributed by atoms with Gasteiger partial charge in [0, 0.05) is 42.5 Å². The number of nitro benzene ring substituents is 1. The predicted octanol–water partition coefficient (Wildman–Crippen LogP) is 2.96. The van der Waals surface area contributed by atoms with Gasteiger partial charge in [0.05, 0.1) is 10.5 Å². The summed E-state index contributed by atoms with van der Waals surface area (Å²) >= 11 is 0. The third-order valence-corrected chi connectivity index (χ3v) is 3.44. The van der Waals surface area contributed by atoms with Crippen molar-refractivity contribution in [2.24, 2.45) is 0 Å². The number of anilines is 1. The van der Waals surface area contributed by atoms with E-state index < -0.39 is 10.5 Å². The molecule has 1 heterocycles. The lowest BCUT2D eigenvalue weighted by Gasteiger charge is -2.29. The van der Waals surface area contributed by atoms with E-state index in [-0.39, 0.29) is 5.69 Å². The second kappa shape index (κ2) is 6.92. The Balaban J connectivity index is 2.45. The van der Waals surface area contributed by atoms with Gasteiger partial charge in [0.2, 0.25) is 0 Å². The summed E-state index contributed by atoms with van der Waals surface area (Å²) in [6, 6.07) is 8.11. The molecule has 0 fully saturated rings. The summed E-state index contributed by atoms with van der Waals surface area (Å²) in [6.07, 6.45) is 0. The molecule has 0 amide bonds. The number of likely N-dealkylation sites (N-methyl/N-ethyl adjacent to an activating group) is 1. The maximum absolute atomic E-state index is 11.0. The molecule has 0 saturated carbocycles. The van der Waals surface area contributed by atoms with E-state index in [2.05, 4.69) is 9.97 Å². The second-order valence-electron chi connectivity index (χ2n) is 6.33. The van der Waals surface area contributed by atoms with Gasteiger partial charge in [-0.15, -0.1) is 0 Å². The predicted molar refractivity (Wildman–Crippen MR) is 93.0 cm³/mol. The molecule has 128 valence electrons. The van der Waals surface area contributed by atoms with Crippen LogP contribution < -0.4 is 4.90 Å². The van der Waals surface area contributed by atoms with Gasteiger partial charge in [-0.1, -0.05) is 12.1 Å². The van der Waals surface area contributed by atoms with Crippen molar-refractivity contribution in [1.29, 1.82) is 0 Å². The standard InChI is InChI=1S/C17H22N4O3/c1-5-20(11-17(3,4)22)15-9-12(2)18-16(19-15)13-7-6-8-14(10-13)21(23)24/h6-10,22H,5,11H2,1-4H3. The summed E-state index contributed by atoms with van der Waals surface area (Å²) in [6.45, 7) is 8.42. The van der Waals surface area contributed by atoms with Crippen molar-refractivity contribution in [1.82, 2.24) is 9.97 Å². The van der Waals surface area contributed by atoms with Crippen LogP contribution in [0.5, 0.6) is 0 Å². The Morgan fingerprint density at radius 2 is 2.00 bits per heavy atom. The van der Waals surface area contributed by atoms with Crippen LogP contribution in [-0.4, -0.2) is 38.7 Å². The molecule has 0 atom stereocenters. The molecule has 0 aliphatic rings. The Hall–Kier alpha value is -2.54. The first-order valence-electron chi connectivity index (χ1n) is 7.77. The van der Waals surface area contributed by atoms with Gasteiger partial charge >= 0.3 is 0 Å². The van der Waals surface area contributed by atoms with Gasteiger partial charge in [-0.05, 0) is 27.7 Å². The summed E-state index contributed by atoms with van der Waals surface area (Å²) in [5.41, 5.74) is 0.493. The summed E-state index contributed by atoms with van der Waals surface area (Å²) in [4.78, 5) is 21.4. The fraction of sp³-hybridized carbons (Fsp3) is 0.412. The van der Waals surface area contributed by atoms with Crippen molar-refractivity contribution in [3.8, 4) is 11.4 Å². The van der Waals surface area contributed by atoms with E-state index in [0.717, 1.165) is 5.69 Å². The maximum atomic E-state index is 11.0. The zero-order valence-corrected chi connectivity index (χ0v) is 14.4. The summed E-state index contributed by atoms with van der Waals surface area (Å²) in [5, 5.41) is 21.0. The number of benzene rings is 1. The molecule has 7 nitrogen and oxygen atoms in total. The van der Waals surface area contributed by atoms with Crippen molar-refractivity contribution in [2.75, 3.05) is 18.0 Å². The molecule has 2 rings (SSSR count). The quantitative estimate of drug-likeness (QED) is 0.646. The molecule has 0 saturated heterocycles. The molecule has 7 heteroatoms. The number of aliphatic hydroxyl groups is 1. The molecule has 2 aromatic rings. The van der Waals surface area contributed by atoms with Crippen LogP contribution in [0, 0.1) is 17.0 Å². The Morgan fingerprint density at radius 1 is 1.29 bits per heavy atom. The van der Waals surface area contributed by atoms with Crippen molar-refractivity contribution >= 4 is 11.5 Å². The molecule has 0 unspecified atom stereocenters. The Labute approximate surface area is 141 Å². The molecule has 0 spiro atoms. The van der Waals surface area contributed by atoms with Gasteiger partial charge in [0.25, 0.3) is 5.69 Å². The number of aromatic nitrogens is 2. The van der Waals surface area contributed by atoms with Gasteiger partial charge in [-0.2, -0.15) is 0 Å². The van der Waals surface area contributed by atoms with Gasteiger partial charge < -0.3 is 10.0 Å². The van der Waals surface area contributed by atoms with Gasteiger partial charge in [0.1, 0.15) is 5.82 Å². The monoisotopic (exact) mass is 330 g/mol. The van der Waals surface area contributed by atoms with Crippen LogP contribution in [0.15, 0.2) is 30.3 Å². The topological polar surface area (TPSA) is 92.4 Å². The summed E-state index contributed by atoms with van der Waals surface area (Å²) < 4.78 is 0. The summed E-state index contributed by atoms with van der Waals surface area (Å²) in [5.74, 6) is 1.12. The number of hydrogen-bond acceptors (Lipinski definition) is 6. The first-order valence-corrected chi connectivity index (χ1v) is 7.77.